The van der Waals surface area contributed by atoms with E-state index >= 15 is 0 Å². The molecule has 0 amide bonds. The fourth-order valence-corrected chi connectivity index (χ4v) is 9.60. The maximum atomic E-state index is 2.52. The molecule has 0 aliphatic heterocycles. The minimum absolute atomic E-state index is 0.306. The maximum absolute atomic E-state index is 2.52. The molecule has 0 bridgehead atoms. The molecule has 0 aliphatic rings. The average Bonchev–Trinajstić information content (AvgIpc) is 2.40. The van der Waals surface area contributed by atoms with E-state index in [0.717, 1.165) is 0 Å². The van der Waals surface area contributed by atoms with Crippen LogP contribution < -0.4 is 3.58 Å². The summed E-state index contributed by atoms with van der Waals surface area (Å²) in [4.78, 5) is 2.52. The van der Waals surface area contributed by atoms with Crippen LogP contribution in [-0.2, 0) is 5.41 Å². The van der Waals surface area contributed by atoms with Crippen molar-refractivity contribution in [2.45, 2.75) is 28.6 Å². The molecule has 0 heterocycles. The van der Waals surface area contributed by atoms with Crippen molar-refractivity contribution < 1.29 is 0 Å². The van der Waals surface area contributed by atoms with Gasteiger partial charge >= 0.3 is 118 Å². The quantitative estimate of drug-likeness (QED) is 0.736. The molecule has 0 fully saturated rings. The second kappa shape index (κ2) is 5.92. The van der Waals surface area contributed by atoms with Gasteiger partial charge in [-0.3, -0.25) is 0 Å². The Balaban J connectivity index is 2.14. The summed E-state index contributed by atoms with van der Waals surface area (Å²) in [5.41, 5.74) is 1.78. The second-order valence-corrected chi connectivity index (χ2v) is 12.7. The van der Waals surface area contributed by atoms with Crippen LogP contribution in [0.15, 0.2) is 60.7 Å². The van der Waals surface area contributed by atoms with E-state index in [1.807, 2.05) is 0 Å². The van der Waals surface area contributed by atoms with E-state index in [1.54, 1.807) is 3.58 Å². The molecule has 0 aromatic heterocycles. The monoisotopic (exact) mass is 345 g/mol. The molecule has 0 nitrogen and oxygen atoms in total. The predicted molar refractivity (Wildman–Crippen MR) is 82.0 cm³/mol. The van der Waals surface area contributed by atoms with Crippen molar-refractivity contribution in [3.63, 3.8) is 0 Å². The summed E-state index contributed by atoms with van der Waals surface area (Å²) < 4.78 is 2.99. The van der Waals surface area contributed by atoms with E-state index in [9.17, 15) is 0 Å². The average molecular weight is 344 g/mol. The second-order valence-electron chi connectivity index (χ2n) is 5.57. The first-order chi connectivity index (χ1) is 8.59. The van der Waals surface area contributed by atoms with Crippen LogP contribution in [0.5, 0.6) is 0 Å². The standard InChI is InChI=1S/C10H13.C6H5.CH3.Sn/c1-10(2,3)9-7-5-4-6-8-9;1-2-4-6-5-3-1;;/h4-8H,1H2,2-3H3;1-5H;1H3;. The van der Waals surface area contributed by atoms with E-state index in [1.165, 1.54) is 10.0 Å². The number of rotatable bonds is 4. The Hall–Kier alpha value is -0.761. The van der Waals surface area contributed by atoms with Gasteiger partial charge in [-0.05, 0) is 0 Å². The molecule has 0 unspecified atom stereocenters. The molecular formula is C17H21Sn. The number of benzene rings is 2. The number of hydrogen-bond donors (Lipinski definition) is 0. The summed E-state index contributed by atoms with van der Waals surface area (Å²) in [5.74, 6) is 0. The zero-order chi connectivity index (χ0) is 13.0. The van der Waals surface area contributed by atoms with Crippen molar-refractivity contribution in [2.24, 2.45) is 0 Å². The molecule has 2 aromatic carbocycles. The predicted octanol–water partition coefficient (Wildman–Crippen LogP) is 4.00. The third-order valence-electron chi connectivity index (χ3n) is 3.53. The Bertz CT molecular complexity index is 473. The Morgan fingerprint density at radius 1 is 0.833 bits per heavy atom. The fraction of sp³-hybridized carbons (Fsp3) is 0.294. The van der Waals surface area contributed by atoms with Crippen molar-refractivity contribution in [1.29, 1.82) is 0 Å². The summed E-state index contributed by atoms with van der Waals surface area (Å²) >= 11 is -1.45. The fourth-order valence-electron chi connectivity index (χ4n) is 2.48. The van der Waals surface area contributed by atoms with Crippen LogP contribution in [0.1, 0.15) is 19.4 Å². The Morgan fingerprint density at radius 2 is 1.33 bits per heavy atom. The van der Waals surface area contributed by atoms with E-state index in [-0.39, 0.29) is 0 Å². The van der Waals surface area contributed by atoms with Gasteiger partial charge in [0.1, 0.15) is 0 Å². The molecule has 18 heavy (non-hydrogen) atoms. The molecule has 1 heteroatoms. The van der Waals surface area contributed by atoms with Crippen LogP contribution >= 0.6 is 0 Å². The van der Waals surface area contributed by atoms with Crippen molar-refractivity contribution >= 4 is 23.3 Å². The molecule has 0 atom stereocenters. The molecule has 2 aromatic rings. The molecule has 0 N–H and O–H groups in total. The zero-order valence-corrected chi connectivity index (χ0v) is 14.3. The van der Waals surface area contributed by atoms with Gasteiger partial charge in [0.05, 0.1) is 0 Å². The summed E-state index contributed by atoms with van der Waals surface area (Å²) in [6.45, 7) is 4.77. The Kier molecular flexibility index (Phi) is 4.49. The molecule has 0 spiro atoms. The van der Waals surface area contributed by atoms with Crippen molar-refractivity contribution in [1.82, 2.24) is 0 Å². The van der Waals surface area contributed by atoms with Crippen molar-refractivity contribution in [3.05, 3.63) is 66.2 Å². The number of hydrogen-bond acceptors (Lipinski definition) is 0. The van der Waals surface area contributed by atoms with Gasteiger partial charge in [-0.25, -0.2) is 0 Å². The van der Waals surface area contributed by atoms with Crippen LogP contribution in [0.25, 0.3) is 0 Å². The van der Waals surface area contributed by atoms with E-state index in [4.69, 9.17) is 0 Å². The zero-order valence-electron chi connectivity index (χ0n) is 11.5. The molecule has 0 saturated heterocycles. The van der Waals surface area contributed by atoms with E-state index in [0.29, 0.717) is 5.41 Å². The topological polar surface area (TPSA) is 0 Å². The van der Waals surface area contributed by atoms with Gasteiger partial charge in [0.25, 0.3) is 0 Å². The molecule has 1 radical (unpaired) electrons. The van der Waals surface area contributed by atoms with Gasteiger partial charge in [0.15, 0.2) is 0 Å². The van der Waals surface area contributed by atoms with Gasteiger partial charge in [-0.2, -0.15) is 0 Å². The third kappa shape index (κ3) is 3.38. The first kappa shape index (κ1) is 13.7. The van der Waals surface area contributed by atoms with Crippen LogP contribution in [-0.4, -0.2) is 19.8 Å². The molecule has 0 saturated carbocycles. The molecular weight excluding hydrogens is 323 g/mol. The van der Waals surface area contributed by atoms with Gasteiger partial charge in [0, 0.05) is 0 Å². The van der Waals surface area contributed by atoms with Gasteiger partial charge in [-0.15, -0.1) is 0 Å². The summed E-state index contributed by atoms with van der Waals surface area (Å²) in [6, 6.07) is 22.0. The van der Waals surface area contributed by atoms with Gasteiger partial charge in [-0.1, -0.05) is 0 Å². The van der Waals surface area contributed by atoms with Gasteiger partial charge < -0.3 is 0 Å². The normalized spacial score (nSPS) is 11.8. The van der Waals surface area contributed by atoms with Crippen LogP contribution in [0.4, 0.5) is 0 Å². The SMILES string of the molecule is [CH3][Sn]([CH2]C(C)(C)c1ccccc1)[c]1ccccc1. The van der Waals surface area contributed by atoms with Crippen LogP contribution in [0.3, 0.4) is 0 Å². The van der Waals surface area contributed by atoms with E-state index in [2.05, 4.69) is 79.5 Å². The minimum atomic E-state index is -1.45. The first-order valence-electron chi connectivity index (χ1n) is 6.53. The van der Waals surface area contributed by atoms with E-state index < -0.39 is 19.8 Å². The summed E-state index contributed by atoms with van der Waals surface area (Å²) in [7, 11) is 0. The Labute approximate surface area is 118 Å². The molecule has 93 valence electrons. The first-order valence-corrected chi connectivity index (χ1v) is 12.8. The van der Waals surface area contributed by atoms with Gasteiger partial charge in [0.2, 0.25) is 0 Å². The molecule has 0 aliphatic carbocycles. The van der Waals surface area contributed by atoms with Crippen molar-refractivity contribution in [3.8, 4) is 0 Å². The summed E-state index contributed by atoms with van der Waals surface area (Å²) in [5, 5.41) is 0. The van der Waals surface area contributed by atoms with Crippen molar-refractivity contribution in [2.75, 3.05) is 0 Å². The molecule has 2 rings (SSSR count). The summed E-state index contributed by atoms with van der Waals surface area (Å²) in [6.07, 6.45) is 0. The third-order valence-corrected chi connectivity index (χ3v) is 11.3. The Morgan fingerprint density at radius 3 is 1.89 bits per heavy atom. The van der Waals surface area contributed by atoms with Crippen LogP contribution in [0.2, 0.25) is 9.38 Å². The van der Waals surface area contributed by atoms with Crippen LogP contribution in [0, 0.1) is 0 Å².